The third-order valence-corrected chi connectivity index (χ3v) is 4.71. The molecular weight excluding hydrogens is 254 g/mol. The largest absolute Gasteiger partial charge is 0.480 e. The van der Waals surface area contributed by atoms with Gasteiger partial charge in [0.15, 0.2) is 8.68 Å². The van der Waals surface area contributed by atoms with Crippen LogP contribution in [0.15, 0.2) is 8.68 Å². The van der Waals surface area contributed by atoms with E-state index in [1.54, 1.807) is 7.05 Å². The number of rotatable bonds is 6. The summed E-state index contributed by atoms with van der Waals surface area (Å²) in [4.78, 5) is 10.7. The molecule has 0 saturated heterocycles. The summed E-state index contributed by atoms with van der Waals surface area (Å²) in [7, 11) is 1.63. The van der Waals surface area contributed by atoms with Gasteiger partial charge in [0.1, 0.15) is 6.04 Å². The minimum atomic E-state index is -0.848. The van der Waals surface area contributed by atoms with Crippen LogP contribution in [0.25, 0.3) is 0 Å². The van der Waals surface area contributed by atoms with E-state index < -0.39 is 12.0 Å². The van der Waals surface area contributed by atoms with E-state index in [9.17, 15) is 4.79 Å². The van der Waals surface area contributed by atoms with Gasteiger partial charge < -0.3 is 10.4 Å². The number of hydrogen-bond donors (Lipinski definition) is 2. The molecule has 8 heteroatoms. The van der Waals surface area contributed by atoms with Crippen molar-refractivity contribution in [3.8, 4) is 0 Å². The van der Waals surface area contributed by atoms with Crippen LogP contribution in [0, 0.1) is 0 Å². The van der Waals surface area contributed by atoms with E-state index >= 15 is 0 Å². The number of thioether (sulfide) groups is 2. The lowest BCUT2D eigenvalue weighted by Gasteiger charge is -2.08. The first kappa shape index (κ1) is 12.8. The van der Waals surface area contributed by atoms with Crippen molar-refractivity contribution in [1.29, 1.82) is 0 Å². The van der Waals surface area contributed by atoms with Crippen LogP contribution >= 0.6 is 34.9 Å². The Labute approximate surface area is 100 Å². The van der Waals surface area contributed by atoms with Gasteiger partial charge in [-0.05, 0) is 13.3 Å². The molecule has 1 aromatic heterocycles. The van der Waals surface area contributed by atoms with Crippen LogP contribution in [0.2, 0.25) is 0 Å². The summed E-state index contributed by atoms with van der Waals surface area (Å²) in [5.74, 6) is -0.394. The predicted octanol–water partition coefficient (Wildman–Crippen LogP) is 1.02. The zero-order valence-corrected chi connectivity index (χ0v) is 10.7. The van der Waals surface area contributed by atoms with Crippen LogP contribution in [-0.2, 0) is 4.79 Å². The van der Waals surface area contributed by atoms with Crippen LogP contribution in [-0.4, -0.2) is 46.4 Å². The van der Waals surface area contributed by atoms with E-state index in [1.807, 2.05) is 6.26 Å². The number of hydrogen-bond acceptors (Lipinski definition) is 7. The van der Waals surface area contributed by atoms with Crippen LogP contribution in [0.3, 0.4) is 0 Å². The molecular formula is C7H11N3O2S3. The maximum absolute atomic E-state index is 10.7. The fourth-order valence-electron chi connectivity index (χ4n) is 0.771. The minimum Gasteiger partial charge on any atom is -0.480 e. The minimum absolute atomic E-state index is 0.453. The van der Waals surface area contributed by atoms with Crippen molar-refractivity contribution in [3.05, 3.63) is 0 Å². The van der Waals surface area contributed by atoms with Gasteiger partial charge in [-0.3, -0.25) is 4.79 Å². The highest BCUT2D eigenvalue weighted by Crippen LogP contribution is 2.27. The quantitative estimate of drug-likeness (QED) is 0.744. The molecule has 1 rings (SSSR count). The number of nitrogens with zero attached hydrogens (tertiary/aromatic N) is 2. The highest BCUT2D eigenvalue weighted by Gasteiger charge is 2.16. The Hall–Kier alpha value is -0.310. The van der Waals surface area contributed by atoms with E-state index in [0.717, 1.165) is 8.68 Å². The molecule has 1 aromatic rings. The van der Waals surface area contributed by atoms with Gasteiger partial charge in [0.2, 0.25) is 0 Å². The summed E-state index contributed by atoms with van der Waals surface area (Å²) in [6, 6.07) is -0.545. The van der Waals surface area contributed by atoms with Crippen molar-refractivity contribution in [2.45, 2.75) is 14.7 Å². The lowest BCUT2D eigenvalue weighted by atomic mass is 10.3. The fourth-order valence-corrected chi connectivity index (χ4v) is 3.33. The number of carbonyl (C=O) groups is 1. The Morgan fingerprint density at radius 3 is 2.73 bits per heavy atom. The molecule has 0 aliphatic heterocycles. The van der Waals surface area contributed by atoms with Crippen molar-refractivity contribution in [2.24, 2.45) is 0 Å². The highest BCUT2D eigenvalue weighted by molar-refractivity contribution is 8.03. The van der Waals surface area contributed by atoms with Crippen molar-refractivity contribution in [3.63, 3.8) is 0 Å². The second-order valence-corrected chi connectivity index (χ2v) is 5.83. The number of aliphatic carboxylic acids is 1. The second kappa shape index (κ2) is 6.31. The molecule has 1 atom stereocenters. The standard InChI is InChI=1S/C7H11N3O2S3/c1-8-4(5(11)12)3-14-7-10-9-6(13-2)15-7/h4,8H,3H2,1-2H3,(H,11,12). The zero-order valence-electron chi connectivity index (χ0n) is 8.26. The predicted molar refractivity (Wildman–Crippen MR) is 62.9 cm³/mol. The van der Waals surface area contributed by atoms with E-state index in [0.29, 0.717) is 5.75 Å². The molecule has 0 radical (unpaired) electrons. The van der Waals surface area contributed by atoms with Gasteiger partial charge in [0.25, 0.3) is 0 Å². The van der Waals surface area contributed by atoms with Crippen LogP contribution < -0.4 is 5.32 Å². The summed E-state index contributed by atoms with van der Waals surface area (Å²) in [6.07, 6.45) is 1.93. The van der Waals surface area contributed by atoms with Crippen molar-refractivity contribution < 1.29 is 9.90 Å². The zero-order chi connectivity index (χ0) is 11.3. The second-order valence-electron chi connectivity index (χ2n) is 2.53. The molecule has 0 saturated carbocycles. The van der Waals surface area contributed by atoms with Crippen molar-refractivity contribution in [1.82, 2.24) is 15.5 Å². The Morgan fingerprint density at radius 1 is 1.60 bits per heavy atom. The van der Waals surface area contributed by atoms with Crippen LogP contribution in [0.4, 0.5) is 0 Å². The molecule has 5 nitrogen and oxygen atoms in total. The monoisotopic (exact) mass is 265 g/mol. The SMILES string of the molecule is CNC(CSc1nnc(SC)s1)C(=O)O. The third-order valence-electron chi connectivity index (χ3n) is 1.58. The summed E-state index contributed by atoms with van der Waals surface area (Å²) >= 11 is 4.42. The van der Waals surface area contributed by atoms with Gasteiger partial charge in [-0.1, -0.05) is 34.9 Å². The van der Waals surface area contributed by atoms with Crippen LogP contribution in [0.5, 0.6) is 0 Å². The number of aromatic nitrogens is 2. The van der Waals surface area contributed by atoms with Gasteiger partial charge in [0.05, 0.1) is 0 Å². The van der Waals surface area contributed by atoms with Crippen molar-refractivity contribution in [2.75, 3.05) is 19.1 Å². The summed E-state index contributed by atoms with van der Waals surface area (Å²) in [5.41, 5.74) is 0. The molecule has 0 aliphatic rings. The average molecular weight is 265 g/mol. The van der Waals surface area contributed by atoms with Gasteiger partial charge in [-0.15, -0.1) is 10.2 Å². The molecule has 15 heavy (non-hydrogen) atoms. The lowest BCUT2D eigenvalue weighted by molar-refractivity contribution is -0.138. The van der Waals surface area contributed by atoms with Crippen LogP contribution in [0.1, 0.15) is 0 Å². The molecule has 84 valence electrons. The molecule has 0 fully saturated rings. The molecule has 0 amide bonds. The average Bonchev–Trinajstić information content (AvgIpc) is 2.66. The molecule has 0 aliphatic carbocycles. The van der Waals surface area contributed by atoms with Gasteiger partial charge in [0, 0.05) is 5.75 Å². The van der Waals surface area contributed by atoms with E-state index in [1.165, 1.54) is 34.9 Å². The number of carboxylic acid groups (broad SMARTS) is 1. The normalized spacial score (nSPS) is 12.7. The number of nitrogens with one attached hydrogen (secondary N) is 1. The van der Waals surface area contributed by atoms with Crippen molar-refractivity contribution >= 4 is 40.8 Å². The first-order valence-electron chi connectivity index (χ1n) is 4.07. The third kappa shape index (κ3) is 3.98. The lowest BCUT2D eigenvalue weighted by Crippen LogP contribution is -2.35. The summed E-state index contributed by atoms with van der Waals surface area (Å²) in [6.45, 7) is 0. The van der Waals surface area contributed by atoms with E-state index in [4.69, 9.17) is 5.11 Å². The van der Waals surface area contributed by atoms with Gasteiger partial charge >= 0.3 is 5.97 Å². The molecule has 0 bridgehead atoms. The maximum Gasteiger partial charge on any atom is 0.321 e. The summed E-state index contributed by atoms with van der Waals surface area (Å²) in [5, 5.41) is 19.4. The molecule has 0 spiro atoms. The Morgan fingerprint density at radius 2 is 2.27 bits per heavy atom. The van der Waals surface area contributed by atoms with Gasteiger partial charge in [-0.2, -0.15) is 0 Å². The fraction of sp³-hybridized carbons (Fsp3) is 0.571. The smallest absolute Gasteiger partial charge is 0.321 e. The Bertz CT molecular complexity index is 331. The first-order chi connectivity index (χ1) is 7.17. The highest BCUT2D eigenvalue weighted by atomic mass is 32.2. The number of likely N-dealkylation sites (N-methyl/N-ethyl adjacent to an activating group) is 1. The maximum atomic E-state index is 10.7. The summed E-state index contributed by atoms with van der Waals surface area (Å²) < 4.78 is 1.70. The molecule has 0 aromatic carbocycles. The molecule has 2 N–H and O–H groups in total. The first-order valence-corrected chi connectivity index (χ1v) is 7.10. The molecule has 1 heterocycles. The van der Waals surface area contributed by atoms with E-state index in [2.05, 4.69) is 15.5 Å². The molecule has 1 unspecified atom stereocenters. The van der Waals surface area contributed by atoms with Gasteiger partial charge in [-0.25, -0.2) is 0 Å². The topological polar surface area (TPSA) is 75.1 Å². The van der Waals surface area contributed by atoms with E-state index in [-0.39, 0.29) is 0 Å². The Kier molecular flexibility index (Phi) is 5.37. The Balaban J connectivity index is 2.45. The number of carboxylic acids is 1.